The van der Waals surface area contributed by atoms with E-state index < -0.39 is 0 Å². The van der Waals surface area contributed by atoms with Gasteiger partial charge < -0.3 is 4.74 Å². The molecule has 0 fully saturated rings. The summed E-state index contributed by atoms with van der Waals surface area (Å²) in [7, 11) is 0. The Morgan fingerprint density at radius 2 is 1.83 bits per heavy atom. The molecule has 0 saturated carbocycles. The summed E-state index contributed by atoms with van der Waals surface area (Å²) in [6, 6.07) is 17.2. The molecule has 0 heterocycles. The van der Waals surface area contributed by atoms with Gasteiger partial charge in [0.25, 0.3) is 0 Å². The van der Waals surface area contributed by atoms with Crippen molar-refractivity contribution in [2.45, 2.75) is 13.3 Å². The van der Waals surface area contributed by atoms with Gasteiger partial charge in [-0.25, -0.2) is 4.39 Å². The summed E-state index contributed by atoms with van der Waals surface area (Å²) in [6.45, 7) is 6.17. The molecule has 0 atom stereocenters. The molecule has 0 N–H and O–H groups in total. The fourth-order valence-corrected chi connectivity index (χ4v) is 2.66. The largest absolute Gasteiger partial charge is 0.490 e. The Morgan fingerprint density at radius 1 is 1.04 bits per heavy atom. The molecule has 0 aliphatic rings. The van der Waals surface area contributed by atoms with E-state index in [4.69, 9.17) is 4.74 Å². The first-order chi connectivity index (χ1) is 11.2. The highest BCUT2D eigenvalue weighted by molar-refractivity contribution is 5.89. The number of ether oxygens (including phenoxy) is 1. The van der Waals surface area contributed by atoms with Gasteiger partial charge in [0.05, 0.1) is 0 Å². The summed E-state index contributed by atoms with van der Waals surface area (Å²) in [6.07, 6.45) is 2.67. The van der Waals surface area contributed by atoms with Gasteiger partial charge in [-0.1, -0.05) is 56.0 Å². The van der Waals surface area contributed by atoms with E-state index >= 15 is 0 Å². The van der Waals surface area contributed by atoms with Crippen LogP contribution < -0.4 is 4.74 Å². The Balaban J connectivity index is 2.02. The van der Waals surface area contributed by atoms with Crippen molar-refractivity contribution in [3.05, 3.63) is 78.6 Å². The van der Waals surface area contributed by atoms with Crippen molar-refractivity contribution in [3.63, 3.8) is 0 Å². The molecule has 0 spiro atoms. The van der Waals surface area contributed by atoms with Gasteiger partial charge in [0.2, 0.25) is 0 Å². The normalized spacial score (nSPS) is 10.7. The second-order valence-electron chi connectivity index (χ2n) is 5.46. The first-order valence-electron chi connectivity index (χ1n) is 7.78. The molecule has 1 nitrogen and oxygen atoms in total. The van der Waals surface area contributed by atoms with Crippen LogP contribution >= 0.6 is 0 Å². The molecule has 3 aromatic carbocycles. The summed E-state index contributed by atoms with van der Waals surface area (Å²) in [5, 5.41) is 1.44. The number of rotatable bonds is 5. The SMILES string of the molecule is C=CCOc1ccc2c(F)c(-c3ccc(CC)cc3)ccc2c1. The summed E-state index contributed by atoms with van der Waals surface area (Å²) in [5.41, 5.74) is 2.77. The standard InChI is InChI=1S/C21H19FO/c1-3-13-23-18-10-12-20-17(14-18)9-11-19(21(20)22)16-7-5-15(4-2)6-8-16/h3,5-12,14H,1,4,13H2,2H3. The summed E-state index contributed by atoms with van der Waals surface area (Å²) >= 11 is 0. The molecule has 116 valence electrons. The minimum atomic E-state index is -0.193. The Bertz CT molecular complexity index is 834. The van der Waals surface area contributed by atoms with E-state index in [1.54, 1.807) is 18.2 Å². The maximum atomic E-state index is 14.9. The van der Waals surface area contributed by atoms with Crippen LogP contribution in [0.5, 0.6) is 5.75 Å². The third-order valence-corrected chi connectivity index (χ3v) is 3.97. The number of hydrogen-bond donors (Lipinski definition) is 0. The fraction of sp³-hybridized carbons (Fsp3) is 0.143. The molecule has 0 aliphatic heterocycles. The number of halogens is 1. The molecule has 0 unspecified atom stereocenters. The third kappa shape index (κ3) is 3.11. The third-order valence-electron chi connectivity index (χ3n) is 3.97. The first kappa shape index (κ1) is 15.3. The molecule has 0 radical (unpaired) electrons. The van der Waals surface area contributed by atoms with Gasteiger partial charge in [-0.05, 0) is 41.1 Å². The van der Waals surface area contributed by atoms with Gasteiger partial charge in [-0.15, -0.1) is 0 Å². The second-order valence-corrected chi connectivity index (χ2v) is 5.46. The van der Waals surface area contributed by atoms with Gasteiger partial charge in [0, 0.05) is 10.9 Å². The summed E-state index contributed by atoms with van der Waals surface area (Å²) in [5.74, 6) is 0.527. The van der Waals surface area contributed by atoms with Gasteiger partial charge >= 0.3 is 0 Å². The minimum Gasteiger partial charge on any atom is -0.490 e. The van der Waals surface area contributed by atoms with Crippen molar-refractivity contribution in [1.29, 1.82) is 0 Å². The van der Waals surface area contributed by atoms with Crippen molar-refractivity contribution in [3.8, 4) is 16.9 Å². The predicted molar refractivity (Wildman–Crippen MR) is 94.4 cm³/mol. The Kier molecular flexibility index (Phi) is 4.42. The Labute approximate surface area is 136 Å². The van der Waals surface area contributed by atoms with Gasteiger partial charge in [0.1, 0.15) is 18.2 Å². The fourth-order valence-electron chi connectivity index (χ4n) is 2.66. The lowest BCUT2D eigenvalue weighted by Gasteiger charge is -2.09. The van der Waals surface area contributed by atoms with E-state index in [1.165, 1.54) is 5.56 Å². The summed E-state index contributed by atoms with van der Waals surface area (Å²) < 4.78 is 20.4. The van der Waals surface area contributed by atoms with Crippen LogP contribution in [0.4, 0.5) is 4.39 Å². The van der Waals surface area contributed by atoms with Crippen LogP contribution in [0.15, 0.2) is 67.3 Å². The molecular weight excluding hydrogens is 287 g/mol. The highest BCUT2D eigenvalue weighted by Crippen LogP contribution is 2.31. The Morgan fingerprint density at radius 3 is 2.52 bits per heavy atom. The van der Waals surface area contributed by atoms with E-state index in [1.807, 2.05) is 42.5 Å². The van der Waals surface area contributed by atoms with Crippen LogP contribution in [-0.4, -0.2) is 6.61 Å². The molecule has 0 amide bonds. The number of hydrogen-bond acceptors (Lipinski definition) is 1. The molecular formula is C21H19FO. The Hall–Kier alpha value is -2.61. The van der Waals surface area contributed by atoms with E-state index in [0.717, 1.165) is 23.1 Å². The highest BCUT2D eigenvalue weighted by Gasteiger charge is 2.10. The summed E-state index contributed by atoms with van der Waals surface area (Å²) in [4.78, 5) is 0. The minimum absolute atomic E-state index is 0.193. The maximum absolute atomic E-state index is 14.9. The van der Waals surface area contributed by atoms with Crippen molar-refractivity contribution in [2.24, 2.45) is 0 Å². The van der Waals surface area contributed by atoms with Crippen LogP contribution in [0.25, 0.3) is 21.9 Å². The number of aryl methyl sites for hydroxylation is 1. The van der Waals surface area contributed by atoms with Gasteiger partial charge in [-0.2, -0.15) is 0 Å². The molecule has 0 saturated heterocycles. The van der Waals surface area contributed by atoms with Crippen molar-refractivity contribution in [1.82, 2.24) is 0 Å². The van der Waals surface area contributed by atoms with Crippen molar-refractivity contribution >= 4 is 10.8 Å². The predicted octanol–water partition coefficient (Wildman–Crippen LogP) is 5.77. The monoisotopic (exact) mass is 306 g/mol. The van der Waals surface area contributed by atoms with E-state index in [9.17, 15) is 4.39 Å². The molecule has 2 heteroatoms. The molecule has 0 bridgehead atoms. The van der Waals surface area contributed by atoms with E-state index in [0.29, 0.717) is 17.6 Å². The quantitative estimate of drug-likeness (QED) is 0.543. The molecule has 0 aromatic heterocycles. The van der Waals surface area contributed by atoms with Crippen LogP contribution in [-0.2, 0) is 6.42 Å². The second kappa shape index (κ2) is 6.66. The van der Waals surface area contributed by atoms with Gasteiger partial charge in [0.15, 0.2) is 0 Å². The smallest absolute Gasteiger partial charge is 0.138 e. The maximum Gasteiger partial charge on any atom is 0.138 e. The van der Waals surface area contributed by atoms with Crippen LogP contribution in [0.3, 0.4) is 0 Å². The average Bonchev–Trinajstić information content (AvgIpc) is 2.60. The zero-order chi connectivity index (χ0) is 16.2. The van der Waals surface area contributed by atoms with Crippen molar-refractivity contribution < 1.29 is 9.13 Å². The zero-order valence-electron chi connectivity index (χ0n) is 13.2. The number of benzene rings is 3. The zero-order valence-corrected chi connectivity index (χ0v) is 13.2. The molecule has 3 rings (SSSR count). The van der Waals surface area contributed by atoms with Crippen LogP contribution in [0.1, 0.15) is 12.5 Å². The average molecular weight is 306 g/mol. The molecule has 23 heavy (non-hydrogen) atoms. The lowest BCUT2D eigenvalue weighted by atomic mass is 9.99. The van der Waals surface area contributed by atoms with E-state index in [-0.39, 0.29) is 5.82 Å². The lowest BCUT2D eigenvalue weighted by molar-refractivity contribution is 0.364. The van der Waals surface area contributed by atoms with Crippen LogP contribution in [0.2, 0.25) is 0 Å². The van der Waals surface area contributed by atoms with E-state index in [2.05, 4.69) is 13.5 Å². The topological polar surface area (TPSA) is 9.23 Å². The van der Waals surface area contributed by atoms with Gasteiger partial charge in [-0.3, -0.25) is 0 Å². The van der Waals surface area contributed by atoms with Crippen LogP contribution in [0, 0.1) is 5.82 Å². The number of fused-ring (bicyclic) bond motifs is 1. The van der Waals surface area contributed by atoms with Crippen molar-refractivity contribution in [2.75, 3.05) is 6.61 Å². The molecule has 0 aliphatic carbocycles. The highest BCUT2D eigenvalue weighted by atomic mass is 19.1. The first-order valence-corrected chi connectivity index (χ1v) is 7.78. The molecule has 3 aromatic rings. The lowest BCUT2D eigenvalue weighted by Crippen LogP contribution is -1.93.